The van der Waals surface area contributed by atoms with E-state index in [9.17, 15) is 5.11 Å². The van der Waals surface area contributed by atoms with Gasteiger partial charge in [-0.15, -0.1) is 0 Å². The number of hydrogen-bond acceptors (Lipinski definition) is 3. The zero-order valence-corrected chi connectivity index (χ0v) is 28.7. The number of aryl methyl sites for hydroxylation is 1. The second kappa shape index (κ2) is 12.0. The molecule has 1 heterocycles. The summed E-state index contributed by atoms with van der Waals surface area (Å²) in [6.07, 6.45) is 12.5. The maximum Gasteiger partial charge on any atom is 0.261 e. The van der Waals surface area contributed by atoms with Crippen LogP contribution in [0.2, 0.25) is 5.04 Å². The van der Waals surface area contributed by atoms with Gasteiger partial charge >= 0.3 is 0 Å². The smallest absolute Gasteiger partial charge is 0.261 e. The minimum atomic E-state index is -2.65. The number of hydrogen-bond donors (Lipinski definition) is 1. The second-order valence-electron chi connectivity index (χ2n) is 15.7. The van der Waals surface area contributed by atoms with Crippen molar-refractivity contribution in [3.05, 3.63) is 91.3 Å². The van der Waals surface area contributed by atoms with E-state index >= 15 is 0 Å². The molecule has 6 rings (SSSR count). The molecule has 5 heteroatoms. The van der Waals surface area contributed by atoms with Gasteiger partial charge < -0.3 is 9.53 Å². The summed E-state index contributed by atoms with van der Waals surface area (Å²) in [4.78, 5) is 0. The minimum Gasteiger partial charge on any atom is -0.404 e. The molecule has 3 aliphatic carbocycles. The van der Waals surface area contributed by atoms with E-state index in [1.807, 2.05) is 12.3 Å². The van der Waals surface area contributed by atoms with E-state index in [2.05, 4.69) is 118 Å². The van der Waals surface area contributed by atoms with Crippen molar-refractivity contribution in [3.8, 4) is 0 Å². The van der Waals surface area contributed by atoms with Crippen molar-refractivity contribution >= 4 is 18.7 Å². The van der Waals surface area contributed by atoms with Gasteiger partial charge in [0, 0.05) is 25.0 Å². The molecule has 0 bridgehead atoms. The molecule has 3 fully saturated rings. The minimum absolute atomic E-state index is 0.0457. The predicted molar refractivity (Wildman–Crippen MR) is 183 cm³/mol. The monoisotopic (exact) mass is 610 g/mol. The molecule has 0 aliphatic heterocycles. The van der Waals surface area contributed by atoms with Crippen molar-refractivity contribution in [2.45, 2.75) is 110 Å². The molecular formula is C39H54N2O2Si. The Kier molecular flexibility index (Phi) is 8.62. The van der Waals surface area contributed by atoms with Gasteiger partial charge in [0.15, 0.2) is 0 Å². The van der Waals surface area contributed by atoms with E-state index in [1.165, 1.54) is 15.9 Å². The summed E-state index contributed by atoms with van der Waals surface area (Å²) in [6.45, 7) is 17.4. The van der Waals surface area contributed by atoms with Gasteiger partial charge in [-0.1, -0.05) is 107 Å². The molecule has 0 unspecified atom stereocenters. The van der Waals surface area contributed by atoms with Crippen LogP contribution in [0.25, 0.3) is 0 Å². The van der Waals surface area contributed by atoms with Gasteiger partial charge in [-0.2, -0.15) is 5.10 Å². The first-order valence-electron chi connectivity index (χ1n) is 17.1. The summed E-state index contributed by atoms with van der Waals surface area (Å²) in [5, 5.41) is 19.3. The summed E-state index contributed by atoms with van der Waals surface area (Å²) in [6, 6.07) is 24.2. The Morgan fingerprint density at radius 1 is 0.932 bits per heavy atom. The number of nitrogens with zero attached hydrogens (tertiary/aromatic N) is 2. The van der Waals surface area contributed by atoms with Crippen LogP contribution in [0, 0.1) is 28.6 Å². The summed E-state index contributed by atoms with van der Waals surface area (Å²) in [5.41, 5.74) is 1.52. The molecule has 2 aromatic carbocycles. The molecule has 4 nitrogen and oxygen atoms in total. The summed E-state index contributed by atoms with van der Waals surface area (Å²) >= 11 is 0. The first kappa shape index (κ1) is 31.5. The normalized spacial score (nSPS) is 32.9. The lowest BCUT2D eigenvalue weighted by atomic mass is 9.51. The van der Waals surface area contributed by atoms with Crippen molar-refractivity contribution in [1.29, 1.82) is 0 Å². The SMILES string of the molecule is C=C1CC[C@H]2[C@H](O)[C@@H]([C@@]3(C)CC[C@H](O[Si](c4ccccc4)(c4ccccc4)C(C)(C)C)C[C@@H]3CCn3cccn3)CC[C@]12C. The van der Waals surface area contributed by atoms with Gasteiger partial charge in [0.25, 0.3) is 8.32 Å². The van der Waals surface area contributed by atoms with Gasteiger partial charge in [0.2, 0.25) is 0 Å². The largest absolute Gasteiger partial charge is 0.404 e. The second-order valence-corrected chi connectivity index (χ2v) is 20.0. The zero-order chi connectivity index (χ0) is 31.2. The topological polar surface area (TPSA) is 47.3 Å². The van der Waals surface area contributed by atoms with Crippen LogP contribution in [-0.4, -0.2) is 35.4 Å². The first-order valence-corrected chi connectivity index (χ1v) is 19.0. The van der Waals surface area contributed by atoms with Crippen molar-refractivity contribution in [1.82, 2.24) is 9.78 Å². The van der Waals surface area contributed by atoms with Crippen LogP contribution in [-0.2, 0) is 11.0 Å². The molecule has 1 aromatic heterocycles. The highest BCUT2D eigenvalue weighted by Gasteiger charge is 2.58. The van der Waals surface area contributed by atoms with Crippen molar-refractivity contribution in [2.75, 3.05) is 0 Å². The van der Waals surface area contributed by atoms with Gasteiger partial charge in [-0.3, -0.25) is 4.68 Å². The van der Waals surface area contributed by atoms with Crippen molar-refractivity contribution in [2.24, 2.45) is 28.6 Å². The average molecular weight is 611 g/mol. The predicted octanol–water partition coefficient (Wildman–Crippen LogP) is 7.77. The van der Waals surface area contributed by atoms with Crippen LogP contribution < -0.4 is 10.4 Å². The van der Waals surface area contributed by atoms with Crippen LogP contribution in [0.15, 0.2) is 91.3 Å². The molecule has 3 aliphatic rings. The lowest BCUT2D eigenvalue weighted by Crippen LogP contribution is -2.68. The van der Waals surface area contributed by atoms with E-state index in [1.54, 1.807) is 0 Å². The summed E-state index contributed by atoms with van der Waals surface area (Å²) in [7, 11) is -2.65. The van der Waals surface area contributed by atoms with Crippen LogP contribution in [0.1, 0.15) is 86.0 Å². The summed E-state index contributed by atoms with van der Waals surface area (Å²) < 4.78 is 9.82. The van der Waals surface area contributed by atoms with Crippen LogP contribution in [0.5, 0.6) is 0 Å². The lowest BCUT2D eigenvalue weighted by molar-refractivity contribution is -0.119. The third-order valence-corrected chi connectivity index (χ3v) is 17.6. The third kappa shape index (κ3) is 5.37. The third-order valence-electron chi connectivity index (χ3n) is 12.5. The number of aliphatic hydroxyl groups excluding tert-OH is 1. The molecule has 3 saturated carbocycles. The van der Waals surface area contributed by atoms with E-state index < -0.39 is 8.32 Å². The number of rotatable bonds is 8. The van der Waals surface area contributed by atoms with E-state index in [4.69, 9.17) is 4.43 Å². The lowest BCUT2D eigenvalue weighted by Gasteiger charge is -2.56. The van der Waals surface area contributed by atoms with Crippen LogP contribution in [0.4, 0.5) is 0 Å². The molecule has 0 radical (unpaired) electrons. The van der Waals surface area contributed by atoms with E-state index in [0.717, 1.165) is 57.9 Å². The Morgan fingerprint density at radius 3 is 2.18 bits per heavy atom. The van der Waals surface area contributed by atoms with Gasteiger partial charge in [-0.05, 0) is 101 Å². The maximum atomic E-state index is 12.1. The number of benzene rings is 2. The van der Waals surface area contributed by atoms with Gasteiger partial charge in [0.05, 0.1) is 6.10 Å². The molecule has 44 heavy (non-hydrogen) atoms. The van der Waals surface area contributed by atoms with Gasteiger partial charge in [0.1, 0.15) is 0 Å². The Balaban J connectivity index is 1.33. The Morgan fingerprint density at radius 2 is 1.59 bits per heavy atom. The fourth-order valence-electron chi connectivity index (χ4n) is 9.82. The van der Waals surface area contributed by atoms with Crippen LogP contribution in [0.3, 0.4) is 0 Å². The fraction of sp³-hybridized carbons (Fsp3) is 0.564. The fourth-order valence-corrected chi connectivity index (χ4v) is 14.5. The average Bonchev–Trinajstić information content (AvgIpc) is 3.64. The van der Waals surface area contributed by atoms with Crippen LogP contribution >= 0.6 is 0 Å². The quantitative estimate of drug-likeness (QED) is 0.209. The number of aromatic nitrogens is 2. The van der Waals surface area contributed by atoms with E-state index in [-0.39, 0.29) is 28.1 Å². The number of aliphatic hydroxyl groups is 1. The Bertz CT molecular complexity index is 1360. The first-order chi connectivity index (χ1) is 21.0. The Hall–Kier alpha value is -2.47. The van der Waals surface area contributed by atoms with Crippen molar-refractivity contribution in [3.63, 3.8) is 0 Å². The standard InChI is InChI=1S/C39H54N2O2Si/c1-29-18-19-34-36(42)35(21-24-38(29,34)5)39(6)23-20-31(28-30(39)22-27-41-26-13-25-40-41)43-44(37(2,3)4,32-14-9-7-10-15-32)33-16-11-8-12-17-33/h7-17,25-26,30-31,34-36,42H,1,18-24,27-28H2,2-6H3/t30-,31-,34-,35-,36-,38+,39-/m0/s1. The number of fused-ring (bicyclic) bond motifs is 1. The maximum absolute atomic E-state index is 12.1. The highest BCUT2D eigenvalue weighted by atomic mass is 28.4. The van der Waals surface area contributed by atoms with Gasteiger partial charge in [-0.25, -0.2) is 0 Å². The molecule has 1 N–H and O–H groups in total. The van der Waals surface area contributed by atoms with Crippen molar-refractivity contribution < 1.29 is 9.53 Å². The highest BCUT2D eigenvalue weighted by Crippen LogP contribution is 2.62. The molecular weight excluding hydrogens is 557 g/mol. The Labute approximate surface area is 267 Å². The zero-order valence-electron chi connectivity index (χ0n) is 27.7. The molecule has 0 amide bonds. The molecule has 3 aromatic rings. The highest BCUT2D eigenvalue weighted by molar-refractivity contribution is 6.99. The molecule has 236 valence electrons. The molecule has 7 atom stereocenters. The molecule has 0 spiro atoms. The number of allylic oxidation sites excluding steroid dienone is 1. The summed E-state index contributed by atoms with van der Waals surface area (Å²) in [5.74, 6) is 1.09. The molecule has 0 saturated heterocycles. The van der Waals surface area contributed by atoms with E-state index in [0.29, 0.717) is 17.8 Å².